The molecule has 2 aromatic carbocycles. The number of hydrogen-bond donors (Lipinski definition) is 1. The molecule has 0 amide bonds. The van der Waals surface area contributed by atoms with Crippen LogP contribution in [-0.4, -0.2) is 23.7 Å². The third-order valence-electron chi connectivity index (χ3n) is 3.62. The fraction of sp³-hybridized carbons (Fsp3) is 0.100. The molecule has 1 N–H and O–H groups in total. The van der Waals surface area contributed by atoms with Crippen molar-refractivity contribution in [3.05, 3.63) is 63.2 Å². The van der Waals surface area contributed by atoms with E-state index in [1.54, 1.807) is 42.5 Å². The van der Waals surface area contributed by atoms with Crippen molar-refractivity contribution in [2.75, 3.05) is 13.7 Å². The van der Waals surface area contributed by atoms with Gasteiger partial charge >= 0.3 is 0 Å². The molecule has 0 radical (unpaired) electrons. The van der Waals surface area contributed by atoms with Gasteiger partial charge in [0.15, 0.2) is 11.5 Å². The second-order valence-corrected chi connectivity index (χ2v) is 5.74. The largest absolute Gasteiger partial charge is 0.493 e. The van der Waals surface area contributed by atoms with E-state index in [2.05, 4.69) is 15.9 Å². The lowest BCUT2D eigenvalue weighted by Crippen LogP contribution is -2.09. The van der Waals surface area contributed by atoms with Crippen LogP contribution in [-0.2, 0) is 0 Å². The lowest BCUT2D eigenvalue weighted by Gasteiger charge is -2.11. The Morgan fingerprint density at radius 3 is 2.88 bits per heavy atom. The summed E-state index contributed by atoms with van der Waals surface area (Å²) in [7, 11) is 1.52. The number of benzene rings is 2. The highest BCUT2D eigenvalue weighted by atomic mass is 35.5. The van der Waals surface area contributed by atoms with E-state index in [-0.39, 0.29) is 12.2 Å². The van der Waals surface area contributed by atoms with E-state index < -0.39 is 0 Å². The Bertz CT molecular complexity index is 1080. The number of methoxy groups -OCH3 is 1. The molecule has 1 aromatic heterocycles. The van der Waals surface area contributed by atoms with Crippen LogP contribution in [0.2, 0.25) is 5.02 Å². The molecule has 0 atom stereocenters. The summed E-state index contributed by atoms with van der Waals surface area (Å²) in [6.45, 7) is 0.0908. The SMILES string of the molecule is C#CCOc1c(Cl)cc(/C=C/c2nc3ccccc3c(=O)[nH]2)cc1OC. The van der Waals surface area contributed by atoms with Gasteiger partial charge in [0.1, 0.15) is 12.4 Å². The van der Waals surface area contributed by atoms with Crippen molar-refractivity contribution in [1.82, 2.24) is 9.97 Å². The standard InChI is InChI=1S/C20H15ClN2O3/c1-3-10-26-19-15(21)11-13(12-17(19)25-2)8-9-18-22-16-7-5-4-6-14(16)20(24)23-18/h1,4-9,11-12H,10H2,2H3,(H,22,23,24)/b9-8+. The quantitative estimate of drug-likeness (QED) is 0.698. The first kappa shape index (κ1) is 17.6. The lowest BCUT2D eigenvalue weighted by molar-refractivity contribution is 0.331. The number of para-hydroxylation sites is 1. The van der Waals surface area contributed by atoms with E-state index in [0.29, 0.717) is 33.2 Å². The second kappa shape index (κ2) is 7.77. The van der Waals surface area contributed by atoms with Crippen LogP contribution in [0.25, 0.3) is 23.1 Å². The Kier molecular flexibility index (Phi) is 5.26. The molecule has 1 heterocycles. The molecule has 0 aliphatic rings. The number of rotatable bonds is 5. The van der Waals surface area contributed by atoms with Crippen LogP contribution < -0.4 is 15.0 Å². The molecule has 0 aliphatic carbocycles. The monoisotopic (exact) mass is 366 g/mol. The Balaban J connectivity index is 1.95. The van der Waals surface area contributed by atoms with Crippen LogP contribution >= 0.6 is 11.6 Å². The van der Waals surface area contributed by atoms with Gasteiger partial charge < -0.3 is 14.5 Å². The second-order valence-electron chi connectivity index (χ2n) is 5.33. The maximum absolute atomic E-state index is 12.1. The van der Waals surface area contributed by atoms with Crippen molar-refractivity contribution >= 4 is 34.7 Å². The van der Waals surface area contributed by atoms with Crippen molar-refractivity contribution in [1.29, 1.82) is 0 Å². The van der Waals surface area contributed by atoms with Crippen LogP contribution in [0.3, 0.4) is 0 Å². The fourth-order valence-corrected chi connectivity index (χ4v) is 2.72. The smallest absolute Gasteiger partial charge is 0.259 e. The molecular weight excluding hydrogens is 352 g/mol. The molecule has 3 rings (SSSR count). The molecule has 130 valence electrons. The number of nitrogens with one attached hydrogen (secondary N) is 1. The minimum atomic E-state index is -0.191. The normalized spacial score (nSPS) is 10.8. The number of aromatic amines is 1. The van der Waals surface area contributed by atoms with Gasteiger partial charge in [-0.3, -0.25) is 4.79 Å². The van der Waals surface area contributed by atoms with Gasteiger partial charge in [-0.05, 0) is 35.9 Å². The van der Waals surface area contributed by atoms with E-state index in [0.717, 1.165) is 5.56 Å². The van der Waals surface area contributed by atoms with Crippen LogP contribution in [0.4, 0.5) is 0 Å². The number of aromatic nitrogens is 2. The first-order chi connectivity index (χ1) is 12.6. The first-order valence-electron chi connectivity index (χ1n) is 7.73. The zero-order valence-corrected chi connectivity index (χ0v) is 14.7. The highest BCUT2D eigenvalue weighted by Crippen LogP contribution is 2.36. The summed E-state index contributed by atoms with van der Waals surface area (Å²) in [6, 6.07) is 10.6. The number of hydrogen-bond acceptors (Lipinski definition) is 4. The van der Waals surface area contributed by atoms with Gasteiger partial charge in [-0.2, -0.15) is 0 Å². The molecule has 0 fully saturated rings. The van der Waals surface area contributed by atoms with Crippen LogP contribution in [0.15, 0.2) is 41.2 Å². The van der Waals surface area contributed by atoms with Gasteiger partial charge in [0.2, 0.25) is 0 Å². The highest BCUT2D eigenvalue weighted by Gasteiger charge is 2.11. The predicted octanol–water partition coefficient (Wildman–Crippen LogP) is 3.77. The van der Waals surface area contributed by atoms with E-state index >= 15 is 0 Å². The summed E-state index contributed by atoms with van der Waals surface area (Å²) in [5.41, 5.74) is 1.20. The number of H-pyrrole nitrogens is 1. The summed E-state index contributed by atoms with van der Waals surface area (Å²) >= 11 is 6.25. The van der Waals surface area contributed by atoms with Crippen molar-refractivity contribution in [3.8, 4) is 23.8 Å². The van der Waals surface area contributed by atoms with Gasteiger partial charge in [0.25, 0.3) is 5.56 Å². The average Bonchev–Trinajstić information content (AvgIpc) is 2.65. The number of ether oxygens (including phenoxy) is 2. The third-order valence-corrected chi connectivity index (χ3v) is 3.90. The van der Waals surface area contributed by atoms with Gasteiger partial charge in [0, 0.05) is 0 Å². The number of terminal acetylenes is 1. The van der Waals surface area contributed by atoms with E-state index in [1.165, 1.54) is 7.11 Å². The maximum atomic E-state index is 12.1. The van der Waals surface area contributed by atoms with E-state index in [4.69, 9.17) is 27.5 Å². The van der Waals surface area contributed by atoms with Crippen LogP contribution in [0.1, 0.15) is 11.4 Å². The molecule has 6 heteroatoms. The topological polar surface area (TPSA) is 64.2 Å². The summed E-state index contributed by atoms with van der Waals surface area (Å²) in [5.74, 6) is 3.68. The zero-order valence-electron chi connectivity index (χ0n) is 14.0. The predicted molar refractivity (Wildman–Crippen MR) is 104 cm³/mol. The number of halogens is 1. The zero-order chi connectivity index (χ0) is 18.5. The van der Waals surface area contributed by atoms with Crippen molar-refractivity contribution in [2.45, 2.75) is 0 Å². The summed E-state index contributed by atoms with van der Waals surface area (Å²) in [4.78, 5) is 19.3. The Hall–Kier alpha value is -3.23. The van der Waals surface area contributed by atoms with E-state index in [9.17, 15) is 4.79 Å². The highest BCUT2D eigenvalue weighted by molar-refractivity contribution is 6.32. The molecule has 3 aromatic rings. The maximum Gasteiger partial charge on any atom is 0.259 e. The summed E-state index contributed by atoms with van der Waals surface area (Å²) in [6.07, 6.45) is 8.67. The summed E-state index contributed by atoms with van der Waals surface area (Å²) in [5, 5.41) is 0.920. The average molecular weight is 367 g/mol. The number of nitrogens with zero attached hydrogens (tertiary/aromatic N) is 1. The van der Waals surface area contributed by atoms with Crippen molar-refractivity contribution in [3.63, 3.8) is 0 Å². The van der Waals surface area contributed by atoms with E-state index in [1.807, 2.05) is 6.07 Å². The van der Waals surface area contributed by atoms with Crippen molar-refractivity contribution < 1.29 is 9.47 Å². The third kappa shape index (κ3) is 3.71. The minimum Gasteiger partial charge on any atom is -0.493 e. The van der Waals surface area contributed by atoms with Gasteiger partial charge in [0.05, 0.1) is 23.0 Å². The fourth-order valence-electron chi connectivity index (χ4n) is 2.45. The lowest BCUT2D eigenvalue weighted by atomic mass is 10.2. The number of fused-ring (bicyclic) bond motifs is 1. The van der Waals surface area contributed by atoms with Gasteiger partial charge in [-0.15, -0.1) is 6.42 Å². The molecule has 0 saturated carbocycles. The molecule has 0 spiro atoms. The molecule has 0 aliphatic heterocycles. The Morgan fingerprint density at radius 2 is 2.12 bits per heavy atom. The Morgan fingerprint density at radius 1 is 1.31 bits per heavy atom. The van der Waals surface area contributed by atoms with Crippen LogP contribution in [0, 0.1) is 12.3 Å². The molecule has 0 saturated heterocycles. The first-order valence-corrected chi connectivity index (χ1v) is 8.11. The Labute approximate surface area is 155 Å². The molecular formula is C20H15ClN2O3. The minimum absolute atomic E-state index is 0.0908. The van der Waals surface area contributed by atoms with Crippen molar-refractivity contribution in [2.24, 2.45) is 0 Å². The van der Waals surface area contributed by atoms with Gasteiger partial charge in [-0.25, -0.2) is 4.98 Å². The molecule has 5 nitrogen and oxygen atoms in total. The molecule has 0 bridgehead atoms. The summed E-state index contributed by atoms with van der Waals surface area (Å²) < 4.78 is 10.7. The molecule has 0 unspecified atom stereocenters. The van der Waals surface area contributed by atoms with Gasteiger partial charge in [-0.1, -0.05) is 35.7 Å². The van der Waals surface area contributed by atoms with Crippen LogP contribution in [0.5, 0.6) is 11.5 Å². The molecule has 26 heavy (non-hydrogen) atoms.